The molecule has 0 aliphatic carbocycles. The van der Waals surface area contributed by atoms with Crippen molar-refractivity contribution in [1.82, 2.24) is 18.7 Å². The quantitative estimate of drug-likeness (QED) is 0.616. The monoisotopic (exact) mass is 381 g/mol. The molecule has 0 unspecified atom stereocenters. The number of anilines is 1. The van der Waals surface area contributed by atoms with E-state index in [2.05, 4.69) is 24.0 Å². The SMILES string of the molecule is CCCCCn1c(=O)c2c(nc3n2CCCN3Cc2ccccc2)n(C)c1=O. The van der Waals surface area contributed by atoms with Gasteiger partial charge in [-0.2, -0.15) is 4.98 Å². The third-order valence-corrected chi connectivity index (χ3v) is 5.51. The second-order valence-corrected chi connectivity index (χ2v) is 7.50. The van der Waals surface area contributed by atoms with Gasteiger partial charge >= 0.3 is 5.69 Å². The number of benzene rings is 1. The van der Waals surface area contributed by atoms with Gasteiger partial charge in [0.1, 0.15) is 0 Å². The second-order valence-electron chi connectivity index (χ2n) is 7.50. The Morgan fingerprint density at radius 3 is 2.61 bits per heavy atom. The Labute approximate surface area is 163 Å². The zero-order valence-electron chi connectivity index (χ0n) is 16.6. The highest BCUT2D eigenvalue weighted by Gasteiger charge is 2.26. The van der Waals surface area contributed by atoms with Gasteiger partial charge in [-0.15, -0.1) is 0 Å². The zero-order valence-corrected chi connectivity index (χ0v) is 16.6. The maximum absolute atomic E-state index is 13.2. The van der Waals surface area contributed by atoms with Crippen molar-refractivity contribution in [2.45, 2.75) is 52.2 Å². The predicted molar refractivity (Wildman–Crippen MR) is 111 cm³/mol. The number of rotatable bonds is 6. The molecule has 7 heteroatoms. The van der Waals surface area contributed by atoms with Gasteiger partial charge in [0.25, 0.3) is 5.56 Å². The Balaban J connectivity index is 1.81. The molecule has 148 valence electrons. The summed E-state index contributed by atoms with van der Waals surface area (Å²) in [5, 5.41) is 0. The molecule has 28 heavy (non-hydrogen) atoms. The molecule has 0 N–H and O–H groups in total. The molecule has 0 saturated heterocycles. The summed E-state index contributed by atoms with van der Waals surface area (Å²) in [6.07, 6.45) is 3.83. The number of hydrogen-bond donors (Lipinski definition) is 0. The fourth-order valence-corrected chi connectivity index (χ4v) is 4.00. The summed E-state index contributed by atoms with van der Waals surface area (Å²) >= 11 is 0. The maximum Gasteiger partial charge on any atom is 0.332 e. The summed E-state index contributed by atoms with van der Waals surface area (Å²) in [6, 6.07) is 10.3. The zero-order chi connectivity index (χ0) is 19.7. The molecule has 0 fully saturated rings. The molecule has 1 aromatic carbocycles. The van der Waals surface area contributed by atoms with E-state index >= 15 is 0 Å². The van der Waals surface area contributed by atoms with E-state index in [1.54, 1.807) is 7.05 Å². The average Bonchev–Trinajstić information content (AvgIpc) is 3.11. The van der Waals surface area contributed by atoms with Crippen molar-refractivity contribution in [1.29, 1.82) is 0 Å². The van der Waals surface area contributed by atoms with Gasteiger partial charge in [0.2, 0.25) is 5.95 Å². The van der Waals surface area contributed by atoms with E-state index < -0.39 is 0 Å². The van der Waals surface area contributed by atoms with Crippen LogP contribution in [0.4, 0.5) is 5.95 Å². The highest BCUT2D eigenvalue weighted by atomic mass is 16.2. The van der Waals surface area contributed by atoms with Gasteiger partial charge in [0.05, 0.1) is 0 Å². The topological polar surface area (TPSA) is 65.1 Å². The first kappa shape index (κ1) is 18.5. The fraction of sp³-hybridized carbons (Fsp3) is 0.476. The van der Waals surface area contributed by atoms with Gasteiger partial charge in [-0.25, -0.2) is 4.79 Å². The van der Waals surface area contributed by atoms with Crippen molar-refractivity contribution in [2.75, 3.05) is 11.4 Å². The molecule has 3 heterocycles. The highest BCUT2D eigenvalue weighted by molar-refractivity contribution is 5.75. The van der Waals surface area contributed by atoms with Gasteiger partial charge in [-0.1, -0.05) is 50.1 Å². The molecule has 2 aromatic heterocycles. The van der Waals surface area contributed by atoms with Gasteiger partial charge in [-0.05, 0) is 18.4 Å². The fourth-order valence-electron chi connectivity index (χ4n) is 4.00. The van der Waals surface area contributed by atoms with Crippen LogP contribution in [0.2, 0.25) is 0 Å². The molecular formula is C21H27N5O2. The van der Waals surface area contributed by atoms with Crippen molar-refractivity contribution >= 4 is 17.1 Å². The van der Waals surface area contributed by atoms with E-state index in [0.717, 1.165) is 51.3 Å². The number of unbranched alkanes of at least 4 members (excludes halogenated alkanes) is 2. The summed E-state index contributed by atoms with van der Waals surface area (Å²) < 4.78 is 4.90. The van der Waals surface area contributed by atoms with Crippen LogP contribution < -0.4 is 16.1 Å². The molecule has 0 saturated carbocycles. The van der Waals surface area contributed by atoms with Gasteiger partial charge < -0.3 is 9.47 Å². The Bertz CT molecular complexity index is 1090. The Morgan fingerprint density at radius 2 is 1.86 bits per heavy atom. The molecule has 4 rings (SSSR count). The number of nitrogens with zero attached hydrogens (tertiary/aromatic N) is 5. The van der Waals surface area contributed by atoms with Crippen molar-refractivity contribution < 1.29 is 0 Å². The van der Waals surface area contributed by atoms with Crippen LogP contribution in [0.5, 0.6) is 0 Å². The van der Waals surface area contributed by atoms with E-state index in [1.807, 2.05) is 22.8 Å². The molecule has 0 radical (unpaired) electrons. The molecule has 0 atom stereocenters. The van der Waals surface area contributed by atoms with Crippen molar-refractivity contribution in [3.05, 3.63) is 56.7 Å². The van der Waals surface area contributed by atoms with Crippen LogP contribution in [0.15, 0.2) is 39.9 Å². The van der Waals surface area contributed by atoms with Crippen LogP contribution in [-0.4, -0.2) is 25.2 Å². The van der Waals surface area contributed by atoms with Crippen LogP contribution in [0.25, 0.3) is 11.2 Å². The van der Waals surface area contributed by atoms with Crippen molar-refractivity contribution in [2.24, 2.45) is 7.05 Å². The van der Waals surface area contributed by atoms with E-state index in [4.69, 9.17) is 4.98 Å². The predicted octanol–water partition coefficient (Wildman–Crippen LogP) is 2.50. The van der Waals surface area contributed by atoms with Crippen molar-refractivity contribution in [3.63, 3.8) is 0 Å². The van der Waals surface area contributed by atoms with E-state index in [1.165, 1.54) is 14.7 Å². The Morgan fingerprint density at radius 1 is 1.07 bits per heavy atom. The van der Waals surface area contributed by atoms with Gasteiger partial charge in [-0.3, -0.25) is 13.9 Å². The Hall–Kier alpha value is -2.83. The summed E-state index contributed by atoms with van der Waals surface area (Å²) in [4.78, 5) is 32.8. The number of imidazole rings is 1. The third-order valence-electron chi connectivity index (χ3n) is 5.51. The van der Waals surface area contributed by atoms with Crippen LogP contribution in [0, 0.1) is 0 Å². The molecule has 1 aliphatic rings. The average molecular weight is 381 g/mol. The van der Waals surface area contributed by atoms with Crippen LogP contribution in [-0.2, 0) is 26.7 Å². The number of hydrogen-bond acceptors (Lipinski definition) is 4. The summed E-state index contributed by atoms with van der Waals surface area (Å²) in [5.41, 5.74) is 1.74. The van der Waals surface area contributed by atoms with Gasteiger partial charge in [0.15, 0.2) is 11.2 Å². The molecule has 0 spiro atoms. The van der Waals surface area contributed by atoms with Crippen LogP contribution in [0.3, 0.4) is 0 Å². The first-order chi connectivity index (χ1) is 13.6. The van der Waals surface area contributed by atoms with Crippen LogP contribution in [0.1, 0.15) is 38.2 Å². The smallest absolute Gasteiger partial charge is 0.332 e. The minimum absolute atomic E-state index is 0.213. The lowest BCUT2D eigenvalue weighted by atomic mass is 10.2. The summed E-state index contributed by atoms with van der Waals surface area (Å²) in [5.74, 6) is 0.781. The Kier molecular flexibility index (Phi) is 5.07. The summed E-state index contributed by atoms with van der Waals surface area (Å²) in [7, 11) is 1.71. The largest absolute Gasteiger partial charge is 0.338 e. The molecule has 0 bridgehead atoms. The lowest BCUT2D eigenvalue weighted by Crippen LogP contribution is -2.40. The van der Waals surface area contributed by atoms with Crippen molar-refractivity contribution in [3.8, 4) is 0 Å². The minimum Gasteiger partial charge on any atom is -0.338 e. The lowest BCUT2D eigenvalue weighted by molar-refractivity contribution is 0.542. The van der Waals surface area contributed by atoms with E-state index in [-0.39, 0.29) is 11.2 Å². The maximum atomic E-state index is 13.2. The van der Waals surface area contributed by atoms with E-state index in [0.29, 0.717) is 17.7 Å². The molecule has 0 amide bonds. The lowest BCUT2D eigenvalue weighted by Gasteiger charge is -2.29. The summed E-state index contributed by atoms with van der Waals surface area (Å²) in [6.45, 7) is 4.95. The number of fused-ring (bicyclic) bond motifs is 3. The van der Waals surface area contributed by atoms with E-state index in [9.17, 15) is 9.59 Å². The normalized spacial score (nSPS) is 13.9. The standard InChI is InChI=1S/C21H27N5O2/c1-3-4-8-13-26-19(27)17-18(23(2)21(26)28)22-20-24(12-9-14-25(17)20)15-16-10-6-5-7-11-16/h5-7,10-11H,3-4,8-9,12-15H2,1-2H3. The highest BCUT2D eigenvalue weighted by Crippen LogP contribution is 2.25. The minimum atomic E-state index is -0.279. The first-order valence-electron chi connectivity index (χ1n) is 10.1. The molecule has 7 nitrogen and oxygen atoms in total. The third kappa shape index (κ3) is 3.15. The van der Waals surface area contributed by atoms with Crippen LogP contribution >= 0.6 is 0 Å². The first-order valence-corrected chi connectivity index (χ1v) is 10.1. The number of aromatic nitrogens is 4. The molecule has 3 aromatic rings. The molecular weight excluding hydrogens is 354 g/mol. The second kappa shape index (κ2) is 7.66. The van der Waals surface area contributed by atoms with Gasteiger partial charge in [0, 0.05) is 33.2 Å². The number of aryl methyl sites for hydroxylation is 2. The molecule has 1 aliphatic heterocycles.